The lowest BCUT2D eigenvalue weighted by Gasteiger charge is -2.28. The van der Waals surface area contributed by atoms with Crippen LogP contribution in [0.3, 0.4) is 0 Å². The Morgan fingerprint density at radius 1 is 1.15 bits per heavy atom. The van der Waals surface area contributed by atoms with Crippen LogP contribution in [0.1, 0.15) is 5.56 Å². The van der Waals surface area contributed by atoms with Gasteiger partial charge in [-0.1, -0.05) is 24.3 Å². The molecule has 2 aromatic rings. The smallest absolute Gasteiger partial charge is 0.191 e. The second kappa shape index (κ2) is 9.17. The number of methoxy groups -OCH3 is 1. The van der Waals surface area contributed by atoms with Gasteiger partial charge in [0.15, 0.2) is 5.11 Å². The molecule has 3 rings (SSSR count). The first-order valence-corrected chi connectivity index (χ1v) is 8.83. The third-order valence-electron chi connectivity index (χ3n) is 4.00. The summed E-state index contributed by atoms with van der Waals surface area (Å²) >= 11 is 5.26. The number of hydrogen-bond donors (Lipinski definition) is 2. The number of hydrazone groups is 1. The zero-order valence-corrected chi connectivity index (χ0v) is 15.5. The summed E-state index contributed by atoms with van der Waals surface area (Å²) in [6, 6.07) is 15.8. The van der Waals surface area contributed by atoms with Crippen molar-refractivity contribution in [3.63, 3.8) is 0 Å². The summed E-state index contributed by atoms with van der Waals surface area (Å²) < 4.78 is 10.7. The molecule has 6 nitrogen and oxygen atoms in total. The van der Waals surface area contributed by atoms with Crippen molar-refractivity contribution in [1.29, 1.82) is 0 Å². The van der Waals surface area contributed by atoms with Gasteiger partial charge in [0.05, 0.1) is 32.2 Å². The first kappa shape index (κ1) is 18.2. The average Bonchev–Trinajstić information content (AvgIpc) is 2.69. The van der Waals surface area contributed by atoms with Gasteiger partial charge in [0.25, 0.3) is 0 Å². The molecule has 0 aliphatic carbocycles. The fourth-order valence-corrected chi connectivity index (χ4v) is 2.82. The summed E-state index contributed by atoms with van der Waals surface area (Å²) in [5.74, 6) is 0.722. The summed E-state index contributed by atoms with van der Waals surface area (Å²) in [7, 11) is 1.62. The number of thiocarbonyl (C=S) groups is 1. The van der Waals surface area contributed by atoms with Gasteiger partial charge >= 0.3 is 0 Å². The van der Waals surface area contributed by atoms with E-state index in [0.29, 0.717) is 5.11 Å². The molecule has 1 fully saturated rings. The number of anilines is 2. The number of nitrogens with zero attached hydrogens (tertiary/aromatic N) is 2. The van der Waals surface area contributed by atoms with Crippen LogP contribution < -0.4 is 20.4 Å². The molecule has 0 atom stereocenters. The molecule has 0 bridgehead atoms. The van der Waals surface area contributed by atoms with E-state index in [4.69, 9.17) is 21.7 Å². The minimum atomic E-state index is 0.399. The monoisotopic (exact) mass is 370 g/mol. The molecular formula is C19H22N4O2S. The van der Waals surface area contributed by atoms with Gasteiger partial charge in [-0.25, -0.2) is 0 Å². The molecule has 1 aliphatic heterocycles. The maximum absolute atomic E-state index is 5.38. The summed E-state index contributed by atoms with van der Waals surface area (Å²) in [6.07, 6.45) is 1.74. The van der Waals surface area contributed by atoms with Gasteiger partial charge in [-0.05, 0) is 42.0 Å². The Kier molecular flexibility index (Phi) is 6.40. The highest BCUT2D eigenvalue weighted by atomic mass is 32.1. The van der Waals surface area contributed by atoms with E-state index >= 15 is 0 Å². The summed E-state index contributed by atoms with van der Waals surface area (Å²) in [4.78, 5) is 2.31. The Hall–Kier alpha value is -2.64. The summed E-state index contributed by atoms with van der Waals surface area (Å²) in [5, 5.41) is 7.64. The molecule has 1 saturated heterocycles. The molecular weight excluding hydrogens is 348 g/mol. The van der Waals surface area contributed by atoms with Crippen LogP contribution in [0.5, 0.6) is 5.75 Å². The molecule has 0 amide bonds. The Bertz CT molecular complexity index is 758. The normalized spacial score (nSPS) is 14.3. The molecule has 0 radical (unpaired) electrons. The van der Waals surface area contributed by atoms with Crippen molar-refractivity contribution < 1.29 is 9.47 Å². The molecule has 1 aliphatic rings. The van der Waals surface area contributed by atoms with Crippen LogP contribution in [0.4, 0.5) is 11.4 Å². The Morgan fingerprint density at radius 2 is 1.88 bits per heavy atom. The van der Waals surface area contributed by atoms with Crippen molar-refractivity contribution in [3.8, 4) is 5.75 Å². The zero-order chi connectivity index (χ0) is 18.2. The topological polar surface area (TPSA) is 58.1 Å². The van der Waals surface area contributed by atoms with Gasteiger partial charge in [0.1, 0.15) is 5.75 Å². The van der Waals surface area contributed by atoms with Crippen molar-refractivity contribution in [2.45, 2.75) is 0 Å². The lowest BCUT2D eigenvalue weighted by atomic mass is 10.2. The van der Waals surface area contributed by atoms with E-state index in [0.717, 1.165) is 43.3 Å². The van der Waals surface area contributed by atoms with E-state index in [-0.39, 0.29) is 0 Å². The molecule has 7 heteroatoms. The van der Waals surface area contributed by atoms with E-state index in [9.17, 15) is 0 Å². The van der Waals surface area contributed by atoms with Gasteiger partial charge < -0.3 is 19.7 Å². The predicted molar refractivity (Wildman–Crippen MR) is 109 cm³/mol. The maximum atomic E-state index is 5.38. The Morgan fingerprint density at radius 3 is 2.62 bits per heavy atom. The van der Waals surface area contributed by atoms with E-state index in [1.165, 1.54) is 5.69 Å². The van der Waals surface area contributed by atoms with Crippen LogP contribution in [-0.4, -0.2) is 44.7 Å². The number of para-hydroxylation sites is 2. The van der Waals surface area contributed by atoms with Crippen molar-refractivity contribution in [2.24, 2.45) is 5.10 Å². The predicted octanol–water partition coefficient (Wildman–Crippen LogP) is 2.85. The third kappa shape index (κ3) is 4.93. The maximum Gasteiger partial charge on any atom is 0.191 e. The SMILES string of the molecule is COc1ccccc1NC(=S)N/N=C/c1ccc(N2CCOCC2)cc1. The number of ether oxygens (including phenoxy) is 2. The fourth-order valence-electron chi connectivity index (χ4n) is 2.66. The highest BCUT2D eigenvalue weighted by Crippen LogP contribution is 2.22. The first-order valence-electron chi connectivity index (χ1n) is 8.42. The van der Waals surface area contributed by atoms with Crippen molar-refractivity contribution in [3.05, 3.63) is 54.1 Å². The van der Waals surface area contributed by atoms with Gasteiger partial charge in [-0.3, -0.25) is 5.43 Å². The second-order valence-corrected chi connectivity index (χ2v) is 6.12. The molecule has 136 valence electrons. The minimum absolute atomic E-state index is 0.399. The summed E-state index contributed by atoms with van der Waals surface area (Å²) in [5.41, 5.74) is 5.80. The Balaban J connectivity index is 1.52. The highest BCUT2D eigenvalue weighted by Gasteiger charge is 2.10. The lowest BCUT2D eigenvalue weighted by Crippen LogP contribution is -2.36. The molecule has 0 saturated carbocycles. The molecule has 0 unspecified atom stereocenters. The second-order valence-electron chi connectivity index (χ2n) is 5.72. The van der Waals surface area contributed by atoms with Gasteiger partial charge in [0.2, 0.25) is 0 Å². The van der Waals surface area contributed by atoms with Crippen molar-refractivity contribution in [1.82, 2.24) is 5.43 Å². The van der Waals surface area contributed by atoms with Crippen molar-refractivity contribution >= 4 is 34.9 Å². The van der Waals surface area contributed by atoms with Gasteiger partial charge in [-0.15, -0.1) is 0 Å². The molecule has 2 aromatic carbocycles. The molecule has 0 spiro atoms. The van der Waals surface area contributed by atoms with E-state index in [1.807, 2.05) is 36.4 Å². The summed E-state index contributed by atoms with van der Waals surface area (Å²) in [6.45, 7) is 3.42. The van der Waals surface area contributed by atoms with Crippen LogP contribution in [0.15, 0.2) is 53.6 Å². The van der Waals surface area contributed by atoms with Crippen LogP contribution in [0.2, 0.25) is 0 Å². The standard InChI is InChI=1S/C19H22N4O2S/c1-24-18-5-3-2-4-17(18)21-19(26)22-20-14-15-6-8-16(9-7-15)23-10-12-25-13-11-23/h2-9,14H,10-13H2,1H3,(H2,21,22,26)/b20-14+. The molecule has 1 heterocycles. The average molecular weight is 370 g/mol. The van der Waals surface area contributed by atoms with Crippen LogP contribution >= 0.6 is 12.2 Å². The number of morpholine rings is 1. The number of benzene rings is 2. The first-order chi connectivity index (χ1) is 12.8. The van der Waals surface area contributed by atoms with Crippen molar-refractivity contribution in [2.75, 3.05) is 43.6 Å². The van der Waals surface area contributed by atoms with Crippen LogP contribution in [0, 0.1) is 0 Å². The number of hydrogen-bond acceptors (Lipinski definition) is 5. The zero-order valence-electron chi connectivity index (χ0n) is 14.6. The highest BCUT2D eigenvalue weighted by molar-refractivity contribution is 7.80. The van der Waals surface area contributed by atoms with Crippen LogP contribution in [0.25, 0.3) is 0 Å². The number of rotatable bonds is 5. The van der Waals surface area contributed by atoms with E-state index < -0.39 is 0 Å². The molecule has 2 N–H and O–H groups in total. The fraction of sp³-hybridized carbons (Fsp3) is 0.263. The largest absolute Gasteiger partial charge is 0.495 e. The quantitative estimate of drug-likeness (QED) is 0.480. The van der Waals surface area contributed by atoms with E-state index in [2.05, 4.69) is 32.9 Å². The lowest BCUT2D eigenvalue weighted by molar-refractivity contribution is 0.122. The van der Waals surface area contributed by atoms with E-state index in [1.54, 1.807) is 13.3 Å². The minimum Gasteiger partial charge on any atom is -0.495 e. The van der Waals surface area contributed by atoms with Gasteiger partial charge in [0, 0.05) is 18.8 Å². The van der Waals surface area contributed by atoms with Gasteiger partial charge in [-0.2, -0.15) is 5.10 Å². The van der Waals surface area contributed by atoms with Crippen LogP contribution in [-0.2, 0) is 4.74 Å². The molecule has 0 aromatic heterocycles. The molecule has 26 heavy (non-hydrogen) atoms. The third-order valence-corrected chi connectivity index (χ3v) is 4.20. The Labute approximate surface area is 158 Å². The number of nitrogens with one attached hydrogen (secondary N) is 2.